The second-order valence-corrected chi connectivity index (χ2v) is 8.06. The lowest BCUT2D eigenvalue weighted by molar-refractivity contribution is -0.121. The van der Waals surface area contributed by atoms with Gasteiger partial charge >= 0.3 is 0 Å². The Labute approximate surface area is 180 Å². The molecule has 2 aliphatic heterocycles. The van der Waals surface area contributed by atoms with Crippen molar-refractivity contribution in [2.24, 2.45) is 4.99 Å². The minimum Gasteiger partial charge on any atom is -0.454 e. The molecule has 0 spiro atoms. The fourth-order valence-electron chi connectivity index (χ4n) is 3.64. The van der Waals surface area contributed by atoms with Gasteiger partial charge in [0.1, 0.15) is 0 Å². The Hall–Kier alpha value is -3.72. The number of hydrogen-bond donors (Lipinski definition) is 0. The van der Waals surface area contributed by atoms with Crippen LogP contribution >= 0.6 is 11.3 Å². The maximum atomic E-state index is 12.9. The Morgan fingerprint density at radius 1 is 1.13 bits per heavy atom. The van der Waals surface area contributed by atoms with Crippen LogP contribution in [0.4, 0.5) is 5.69 Å². The lowest BCUT2D eigenvalue weighted by Crippen LogP contribution is -2.28. The van der Waals surface area contributed by atoms with Gasteiger partial charge in [-0.2, -0.15) is 4.99 Å². The van der Waals surface area contributed by atoms with Crippen LogP contribution in [0.2, 0.25) is 0 Å². The molecule has 0 bridgehead atoms. The summed E-state index contributed by atoms with van der Waals surface area (Å²) in [7, 11) is 0. The number of fused-ring (bicyclic) bond motifs is 2. The van der Waals surface area contributed by atoms with Crippen molar-refractivity contribution < 1.29 is 23.9 Å². The maximum Gasteiger partial charge on any atom is 0.279 e. The van der Waals surface area contributed by atoms with E-state index < -0.39 is 5.91 Å². The number of hydrogen-bond acceptors (Lipinski definition) is 6. The van der Waals surface area contributed by atoms with E-state index in [0.717, 1.165) is 15.1 Å². The molecule has 3 amide bonds. The highest BCUT2D eigenvalue weighted by Crippen LogP contribution is 2.37. The average Bonchev–Trinajstić information content (AvgIpc) is 3.44. The highest BCUT2D eigenvalue weighted by Gasteiger charge is 2.30. The standard InChI is InChI=1S/C22H17N3O5S/c1-2-8-24-15-10-16-17(30-12-29-16)11-18(15)31-22(24)23-21(28)13-4-3-5-14(9-13)25-19(26)6-7-20(25)27/h2-5,9-11H,1,6-8,12H2. The number of carbonyl (C=O) groups is 3. The Morgan fingerprint density at radius 3 is 2.61 bits per heavy atom. The van der Waals surface area contributed by atoms with Crippen LogP contribution in [0, 0.1) is 0 Å². The number of amides is 3. The van der Waals surface area contributed by atoms with Crippen LogP contribution < -0.4 is 19.2 Å². The number of benzene rings is 2. The molecule has 1 aromatic heterocycles. The summed E-state index contributed by atoms with van der Waals surface area (Å²) in [5.41, 5.74) is 1.54. The number of thiazole rings is 1. The van der Waals surface area contributed by atoms with Gasteiger partial charge in [0.15, 0.2) is 16.3 Å². The highest BCUT2D eigenvalue weighted by atomic mass is 32.1. The van der Waals surface area contributed by atoms with Crippen molar-refractivity contribution in [3.05, 3.63) is 59.4 Å². The highest BCUT2D eigenvalue weighted by molar-refractivity contribution is 7.16. The first-order chi connectivity index (χ1) is 15.0. The van der Waals surface area contributed by atoms with E-state index in [2.05, 4.69) is 11.6 Å². The van der Waals surface area contributed by atoms with Gasteiger partial charge in [0.05, 0.1) is 15.9 Å². The van der Waals surface area contributed by atoms with E-state index in [4.69, 9.17) is 9.47 Å². The van der Waals surface area contributed by atoms with E-state index in [-0.39, 0.29) is 31.4 Å². The average molecular weight is 435 g/mol. The number of nitrogens with zero attached hydrogens (tertiary/aromatic N) is 3. The lowest BCUT2D eigenvalue weighted by Gasteiger charge is -2.14. The van der Waals surface area contributed by atoms with Crippen LogP contribution in [-0.4, -0.2) is 29.1 Å². The van der Waals surface area contributed by atoms with Crippen LogP contribution in [-0.2, 0) is 16.1 Å². The van der Waals surface area contributed by atoms with Crippen molar-refractivity contribution in [1.82, 2.24) is 4.57 Å². The second kappa shape index (κ2) is 7.51. The summed E-state index contributed by atoms with van der Waals surface area (Å²) in [5, 5.41) is 0. The molecule has 3 heterocycles. The van der Waals surface area contributed by atoms with Gasteiger partial charge in [0, 0.05) is 37.1 Å². The number of ether oxygens (including phenoxy) is 2. The zero-order chi connectivity index (χ0) is 21.5. The smallest absolute Gasteiger partial charge is 0.279 e. The summed E-state index contributed by atoms with van der Waals surface area (Å²) in [4.78, 5) is 42.9. The molecule has 3 aromatic rings. The first-order valence-electron chi connectivity index (χ1n) is 9.64. The van der Waals surface area contributed by atoms with Crippen LogP contribution in [0.15, 0.2) is 54.0 Å². The minimum absolute atomic E-state index is 0.183. The normalized spacial score (nSPS) is 15.9. The van der Waals surface area contributed by atoms with Crippen molar-refractivity contribution in [1.29, 1.82) is 0 Å². The van der Waals surface area contributed by atoms with Crippen molar-refractivity contribution in [2.75, 3.05) is 11.7 Å². The predicted octanol–water partition coefficient (Wildman–Crippen LogP) is 3.01. The zero-order valence-electron chi connectivity index (χ0n) is 16.4. The molecule has 0 radical (unpaired) electrons. The van der Waals surface area contributed by atoms with E-state index in [9.17, 15) is 14.4 Å². The quantitative estimate of drug-likeness (QED) is 0.464. The summed E-state index contributed by atoms with van der Waals surface area (Å²) in [6.45, 7) is 4.44. The van der Waals surface area contributed by atoms with Crippen LogP contribution in [0.3, 0.4) is 0 Å². The number of carbonyl (C=O) groups excluding carboxylic acids is 3. The van der Waals surface area contributed by atoms with Gasteiger partial charge in [-0.1, -0.05) is 23.5 Å². The summed E-state index contributed by atoms with van der Waals surface area (Å²) >= 11 is 1.36. The van der Waals surface area contributed by atoms with Crippen molar-refractivity contribution in [3.63, 3.8) is 0 Å². The molecule has 0 atom stereocenters. The summed E-state index contributed by atoms with van der Waals surface area (Å²) in [5.74, 6) is 0.304. The summed E-state index contributed by atoms with van der Waals surface area (Å²) in [6.07, 6.45) is 2.09. The minimum atomic E-state index is -0.467. The van der Waals surface area contributed by atoms with Gasteiger partial charge in [-0.15, -0.1) is 6.58 Å². The fraction of sp³-hybridized carbons (Fsp3) is 0.182. The molecule has 0 unspecified atom stereocenters. The van der Waals surface area contributed by atoms with Gasteiger partial charge in [-0.05, 0) is 18.2 Å². The molecule has 5 rings (SSSR count). The number of imide groups is 1. The number of aromatic nitrogens is 1. The third-order valence-corrected chi connectivity index (χ3v) is 6.13. The maximum absolute atomic E-state index is 12.9. The molecule has 1 fully saturated rings. The lowest BCUT2D eigenvalue weighted by atomic mass is 10.2. The van der Waals surface area contributed by atoms with Gasteiger partial charge in [0.2, 0.25) is 18.6 Å². The molecule has 2 aromatic carbocycles. The molecule has 9 heteroatoms. The molecule has 0 saturated carbocycles. The number of allylic oxidation sites excluding steroid dienone is 1. The molecule has 0 aliphatic carbocycles. The van der Waals surface area contributed by atoms with E-state index in [1.807, 2.05) is 16.7 Å². The molecule has 156 valence electrons. The summed E-state index contributed by atoms with van der Waals surface area (Å²) < 4.78 is 13.7. The molecular weight excluding hydrogens is 418 g/mol. The Bertz CT molecular complexity index is 1320. The third-order valence-electron chi connectivity index (χ3n) is 5.09. The predicted molar refractivity (Wildman–Crippen MR) is 114 cm³/mol. The largest absolute Gasteiger partial charge is 0.454 e. The molecule has 2 aliphatic rings. The van der Waals surface area contributed by atoms with Gasteiger partial charge in [-0.3, -0.25) is 19.3 Å². The van der Waals surface area contributed by atoms with E-state index in [1.54, 1.807) is 24.3 Å². The van der Waals surface area contributed by atoms with E-state index in [1.165, 1.54) is 17.4 Å². The van der Waals surface area contributed by atoms with Crippen molar-refractivity contribution in [2.45, 2.75) is 19.4 Å². The molecule has 0 N–H and O–H groups in total. The molecule has 1 saturated heterocycles. The van der Waals surface area contributed by atoms with Crippen molar-refractivity contribution >= 4 is 45.0 Å². The first kappa shape index (κ1) is 19.3. The third kappa shape index (κ3) is 3.32. The van der Waals surface area contributed by atoms with Crippen LogP contribution in [0.5, 0.6) is 11.5 Å². The molecular formula is C22H17N3O5S. The summed E-state index contributed by atoms with van der Waals surface area (Å²) in [6, 6.07) is 10.1. The zero-order valence-corrected chi connectivity index (χ0v) is 17.2. The van der Waals surface area contributed by atoms with Gasteiger partial charge in [-0.25, -0.2) is 0 Å². The van der Waals surface area contributed by atoms with Crippen LogP contribution in [0.1, 0.15) is 23.2 Å². The Morgan fingerprint density at radius 2 is 1.87 bits per heavy atom. The first-order valence-corrected chi connectivity index (χ1v) is 10.5. The number of anilines is 1. The van der Waals surface area contributed by atoms with Crippen molar-refractivity contribution in [3.8, 4) is 11.5 Å². The number of rotatable bonds is 4. The van der Waals surface area contributed by atoms with Gasteiger partial charge in [0.25, 0.3) is 5.91 Å². The van der Waals surface area contributed by atoms with E-state index >= 15 is 0 Å². The van der Waals surface area contributed by atoms with Crippen LogP contribution in [0.25, 0.3) is 10.2 Å². The van der Waals surface area contributed by atoms with Gasteiger partial charge < -0.3 is 14.0 Å². The molecule has 31 heavy (non-hydrogen) atoms. The monoisotopic (exact) mass is 435 g/mol. The molecule has 8 nitrogen and oxygen atoms in total. The Balaban J connectivity index is 1.56. The second-order valence-electron chi connectivity index (χ2n) is 7.05. The topological polar surface area (TPSA) is 90.2 Å². The fourth-order valence-corrected chi connectivity index (χ4v) is 4.69. The van der Waals surface area contributed by atoms with E-state index in [0.29, 0.717) is 34.1 Å². The SMILES string of the molecule is C=CCn1c(=NC(=O)c2cccc(N3C(=O)CCC3=O)c2)sc2cc3c(cc21)OCO3. The Kier molecular flexibility index (Phi) is 4.67.